The molecule has 0 bridgehead atoms. The molecule has 3 aromatic rings. The highest BCUT2D eigenvalue weighted by Gasteiger charge is 2.02. The number of nitrogens with one attached hydrogen (secondary N) is 1. The quantitative estimate of drug-likeness (QED) is 0.710. The number of aryl methyl sites for hydroxylation is 2. The molecule has 0 unspecified atom stereocenters. The van der Waals surface area contributed by atoms with E-state index in [1.807, 2.05) is 35.3 Å². The van der Waals surface area contributed by atoms with Crippen LogP contribution in [0.2, 0.25) is 0 Å². The first-order chi connectivity index (χ1) is 10.8. The number of aromatic nitrogens is 5. The Morgan fingerprint density at radius 3 is 3.00 bits per heavy atom. The summed E-state index contributed by atoms with van der Waals surface area (Å²) in [6.45, 7) is 2.99. The van der Waals surface area contributed by atoms with Gasteiger partial charge in [0.25, 0.3) is 0 Å². The highest BCUT2D eigenvalue weighted by atomic mass is 32.2. The zero-order chi connectivity index (χ0) is 15.2. The third-order valence-corrected chi connectivity index (χ3v) is 4.06. The molecule has 0 amide bonds. The Bertz CT molecular complexity index is 746. The normalized spacial score (nSPS) is 11.3. The predicted molar refractivity (Wildman–Crippen MR) is 89.4 cm³/mol. The summed E-state index contributed by atoms with van der Waals surface area (Å²) >= 11 is 1.63. The summed E-state index contributed by atoms with van der Waals surface area (Å²) in [5.74, 6) is 1.68. The van der Waals surface area contributed by atoms with Crippen LogP contribution in [-0.2, 0) is 6.54 Å². The number of benzene rings is 1. The van der Waals surface area contributed by atoms with E-state index < -0.39 is 0 Å². The molecule has 0 radical (unpaired) electrons. The van der Waals surface area contributed by atoms with E-state index in [-0.39, 0.29) is 0 Å². The predicted octanol–water partition coefficient (Wildman–Crippen LogP) is 3.27. The first-order valence-corrected chi connectivity index (χ1v) is 8.04. The SMILES string of the molecule is Cc1ccccc1C=Cc1nc(SCCn2ccnc2)n[nH]1. The number of hydrogen-bond donors (Lipinski definition) is 1. The maximum atomic E-state index is 4.46. The van der Waals surface area contributed by atoms with Crippen LogP contribution in [0.4, 0.5) is 0 Å². The molecule has 112 valence electrons. The average Bonchev–Trinajstić information content (AvgIpc) is 3.18. The smallest absolute Gasteiger partial charge is 0.208 e. The first kappa shape index (κ1) is 14.6. The lowest BCUT2D eigenvalue weighted by atomic mass is 10.1. The van der Waals surface area contributed by atoms with Gasteiger partial charge in [-0.3, -0.25) is 5.10 Å². The van der Waals surface area contributed by atoms with E-state index in [1.54, 1.807) is 18.0 Å². The van der Waals surface area contributed by atoms with Crippen molar-refractivity contribution < 1.29 is 0 Å². The van der Waals surface area contributed by atoms with E-state index in [1.165, 1.54) is 11.1 Å². The molecule has 0 atom stereocenters. The lowest BCUT2D eigenvalue weighted by Crippen LogP contribution is -1.96. The largest absolute Gasteiger partial charge is 0.337 e. The second-order valence-electron chi connectivity index (χ2n) is 4.84. The second kappa shape index (κ2) is 7.09. The molecule has 2 heterocycles. The lowest BCUT2D eigenvalue weighted by Gasteiger charge is -1.98. The number of aromatic amines is 1. The standard InChI is InChI=1S/C16H17N5S/c1-13-4-2-3-5-14(13)6-7-15-18-16(20-19-15)22-11-10-21-9-8-17-12-21/h2-9,12H,10-11H2,1H3,(H,18,19,20). The fraction of sp³-hybridized carbons (Fsp3) is 0.188. The molecule has 6 heteroatoms. The van der Waals surface area contributed by atoms with Gasteiger partial charge in [0.2, 0.25) is 5.16 Å². The van der Waals surface area contributed by atoms with Crippen LogP contribution in [0.25, 0.3) is 12.2 Å². The topological polar surface area (TPSA) is 59.4 Å². The van der Waals surface area contributed by atoms with Crippen molar-refractivity contribution in [3.63, 3.8) is 0 Å². The summed E-state index contributed by atoms with van der Waals surface area (Å²) in [4.78, 5) is 8.48. The van der Waals surface area contributed by atoms with E-state index in [2.05, 4.69) is 45.3 Å². The van der Waals surface area contributed by atoms with E-state index >= 15 is 0 Å². The van der Waals surface area contributed by atoms with E-state index in [9.17, 15) is 0 Å². The summed E-state index contributed by atoms with van der Waals surface area (Å²) < 4.78 is 2.04. The zero-order valence-electron chi connectivity index (χ0n) is 12.3. The Hall–Kier alpha value is -2.34. The van der Waals surface area contributed by atoms with Gasteiger partial charge in [-0.05, 0) is 24.1 Å². The van der Waals surface area contributed by atoms with Gasteiger partial charge in [0, 0.05) is 24.7 Å². The summed E-state index contributed by atoms with van der Waals surface area (Å²) in [6.07, 6.45) is 9.56. The van der Waals surface area contributed by atoms with Crippen molar-refractivity contribution in [1.82, 2.24) is 24.7 Å². The number of imidazole rings is 1. The third kappa shape index (κ3) is 3.85. The Labute approximate surface area is 133 Å². The molecule has 3 rings (SSSR count). The van der Waals surface area contributed by atoms with Crippen LogP contribution in [-0.4, -0.2) is 30.5 Å². The minimum absolute atomic E-state index is 0.768. The van der Waals surface area contributed by atoms with Gasteiger partial charge in [0.1, 0.15) is 5.82 Å². The summed E-state index contributed by atoms with van der Waals surface area (Å²) in [7, 11) is 0. The third-order valence-electron chi connectivity index (χ3n) is 3.23. The molecule has 22 heavy (non-hydrogen) atoms. The molecule has 1 aromatic carbocycles. The monoisotopic (exact) mass is 311 g/mol. The molecule has 0 aliphatic rings. The van der Waals surface area contributed by atoms with Crippen LogP contribution in [0.15, 0.2) is 48.1 Å². The van der Waals surface area contributed by atoms with Crippen LogP contribution in [0.1, 0.15) is 17.0 Å². The molecule has 0 spiro atoms. The molecule has 0 aliphatic heterocycles. The van der Waals surface area contributed by atoms with Gasteiger partial charge in [-0.1, -0.05) is 42.1 Å². The molecule has 0 aliphatic carbocycles. The Balaban J connectivity index is 1.56. The van der Waals surface area contributed by atoms with Crippen LogP contribution in [0, 0.1) is 6.92 Å². The van der Waals surface area contributed by atoms with Crippen molar-refractivity contribution in [3.05, 3.63) is 59.9 Å². The van der Waals surface area contributed by atoms with Crippen LogP contribution in [0.5, 0.6) is 0 Å². The van der Waals surface area contributed by atoms with Crippen LogP contribution in [0.3, 0.4) is 0 Å². The first-order valence-electron chi connectivity index (χ1n) is 7.06. The number of rotatable bonds is 6. The molecular formula is C16H17N5S. The molecular weight excluding hydrogens is 294 g/mol. The number of H-pyrrole nitrogens is 1. The maximum Gasteiger partial charge on any atom is 0.208 e. The van der Waals surface area contributed by atoms with Crippen molar-refractivity contribution in [2.75, 3.05) is 5.75 Å². The van der Waals surface area contributed by atoms with E-state index in [4.69, 9.17) is 0 Å². The van der Waals surface area contributed by atoms with Gasteiger partial charge >= 0.3 is 0 Å². The maximum absolute atomic E-state index is 4.46. The van der Waals surface area contributed by atoms with Gasteiger partial charge in [-0.15, -0.1) is 5.10 Å². The average molecular weight is 311 g/mol. The van der Waals surface area contributed by atoms with Crippen molar-refractivity contribution in [1.29, 1.82) is 0 Å². The molecule has 5 nitrogen and oxygen atoms in total. The Kier molecular flexibility index (Phi) is 4.70. The second-order valence-corrected chi connectivity index (χ2v) is 5.90. The van der Waals surface area contributed by atoms with E-state index in [0.717, 1.165) is 23.3 Å². The van der Waals surface area contributed by atoms with Crippen molar-refractivity contribution in [2.45, 2.75) is 18.6 Å². The van der Waals surface area contributed by atoms with Gasteiger partial charge in [0.15, 0.2) is 0 Å². The van der Waals surface area contributed by atoms with Crippen molar-refractivity contribution in [2.24, 2.45) is 0 Å². The summed E-state index contributed by atoms with van der Waals surface area (Å²) in [5, 5.41) is 7.94. The number of hydrogen-bond acceptors (Lipinski definition) is 4. The van der Waals surface area contributed by atoms with Gasteiger partial charge in [0.05, 0.1) is 6.33 Å². The Morgan fingerprint density at radius 2 is 2.18 bits per heavy atom. The van der Waals surface area contributed by atoms with E-state index in [0.29, 0.717) is 0 Å². The zero-order valence-corrected chi connectivity index (χ0v) is 13.1. The minimum atomic E-state index is 0.768. The molecule has 1 N–H and O–H groups in total. The number of thioether (sulfide) groups is 1. The Morgan fingerprint density at radius 1 is 1.27 bits per heavy atom. The van der Waals surface area contributed by atoms with Gasteiger partial charge < -0.3 is 4.57 Å². The van der Waals surface area contributed by atoms with Crippen molar-refractivity contribution in [3.8, 4) is 0 Å². The highest BCUT2D eigenvalue weighted by molar-refractivity contribution is 7.99. The van der Waals surface area contributed by atoms with Crippen LogP contribution < -0.4 is 0 Å². The lowest BCUT2D eigenvalue weighted by molar-refractivity contribution is 0.769. The fourth-order valence-electron chi connectivity index (χ4n) is 2.00. The van der Waals surface area contributed by atoms with Crippen LogP contribution >= 0.6 is 11.8 Å². The molecule has 0 saturated carbocycles. The van der Waals surface area contributed by atoms with Crippen molar-refractivity contribution >= 4 is 23.9 Å². The highest BCUT2D eigenvalue weighted by Crippen LogP contribution is 2.15. The minimum Gasteiger partial charge on any atom is -0.337 e. The fourth-order valence-corrected chi connectivity index (χ4v) is 2.76. The molecule has 0 saturated heterocycles. The summed E-state index contributed by atoms with van der Waals surface area (Å²) in [6, 6.07) is 8.25. The van der Waals surface area contributed by atoms with Gasteiger partial charge in [-0.25, -0.2) is 9.97 Å². The van der Waals surface area contributed by atoms with Gasteiger partial charge in [-0.2, -0.15) is 0 Å². The summed E-state index contributed by atoms with van der Waals surface area (Å²) in [5.41, 5.74) is 2.43. The number of nitrogens with zero attached hydrogens (tertiary/aromatic N) is 4. The molecule has 0 fully saturated rings. The molecule has 2 aromatic heterocycles.